The molecule has 31 heavy (non-hydrogen) atoms. The van der Waals surface area contributed by atoms with Gasteiger partial charge in [0.2, 0.25) is 0 Å². The molecule has 156 valence electrons. The monoisotopic (exact) mass is 452 g/mol. The zero-order valence-electron chi connectivity index (χ0n) is 16.6. The lowest BCUT2D eigenvalue weighted by atomic mass is 10.2. The number of amides is 2. The lowest BCUT2D eigenvalue weighted by Gasteiger charge is -2.12. The number of anilines is 1. The number of para-hydroxylation sites is 1. The van der Waals surface area contributed by atoms with Gasteiger partial charge in [-0.3, -0.25) is 9.59 Å². The van der Waals surface area contributed by atoms with E-state index >= 15 is 0 Å². The van der Waals surface area contributed by atoms with Crippen molar-refractivity contribution >= 4 is 52.2 Å². The fourth-order valence-corrected chi connectivity index (χ4v) is 4.59. The highest BCUT2D eigenvalue weighted by Gasteiger charge is 2.36. The lowest BCUT2D eigenvalue weighted by Crippen LogP contribution is -2.27. The maximum Gasteiger partial charge on any atom is 0.337 e. The quantitative estimate of drug-likeness (QED) is 0.514. The molecule has 1 saturated heterocycles. The summed E-state index contributed by atoms with van der Waals surface area (Å²) < 4.78 is 1.88. The first-order chi connectivity index (χ1) is 14.8. The first-order valence-electron chi connectivity index (χ1n) is 9.33. The SMILES string of the molecule is Cc1cc(/C=C2\SC(=O)N(c3ccccc3)C2=O)c(C)n1-c1ccc(Cl)c(C(=O)O)c1. The molecule has 3 aromatic rings. The Balaban J connectivity index is 1.73. The van der Waals surface area contributed by atoms with Crippen LogP contribution < -0.4 is 4.90 Å². The van der Waals surface area contributed by atoms with Crippen molar-refractivity contribution in [2.24, 2.45) is 0 Å². The summed E-state index contributed by atoms with van der Waals surface area (Å²) in [5, 5.41) is 9.18. The number of nitrogens with zero attached hydrogens (tertiary/aromatic N) is 2. The third-order valence-electron chi connectivity index (χ3n) is 5.00. The van der Waals surface area contributed by atoms with Crippen LogP contribution in [0, 0.1) is 13.8 Å². The molecule has 1 aliphatic rings. The van der Waals surface area contributed by atoms with Crippen LogP contribution in [0.2, 0.25) is 5.02 Å². The van der Waals surface area contributed by atoms with Gasteiger partial charge in [0.1, 0.15) is 0 Å². The number of carbonyl (C=O) groups is 3. The van der Waals surface area contributed by atoms with E-state index in [0.29, 0.717) is 16.3 Å². The number of imide groups is 1. The number of halogens is 1. The summed E-state index contributed by atoms with van der Waals surface area (Å²) in [4.78, 5) is 38.3. The van der Waals surface area contributed by atoms with Gasteiger partial charge >= 0.3 is 5.97 Å². The van der Waals surface area contributed by atoms with Crippen LogP contribution in [0.1, 0.15) is 27.3 Å². The van der Waals surface area contributed by atoms with E-state index in [-0.39, 0.29) is 21.7 Å². The molecule has 1 aromatic heterocycles. The molecule has 0 spiro atoms. The van der Waals surface area contributed by atoms with Gasteiger partial charge < -0.3 is 9.67 Å². The largest absolute Gasteiger partial charge is 0.478 e. The van der Waals surface area contributed by atoms with E-state index in [1.807, 2.05) is 30.5 Å². The number of thioether (sulfide) groups is 1. The van der Waals surface area contributed by atoms with Crippen LogP contribution in [0.4, 0.5) is 10.5 Å². The van der Waals surface area contributed by atoms with E-state index in [1.165, 1.54) is 6.07 Å². The maximum absolute atomic E-state index is 12.9. The molecule has 1 aliphatic heterocycles. The van der Waals surface area contributed by atoms with Gasteiger partial charge in [0.15, 0.2) is 0 Å². The van der Waals surface area contributed by atoms with E-state index in [9.17, 15) is 19.5 Å². The molecular formula is C23H17ClN2O4S. The highest BCUT2D eigenvalue weighted by Crippen LogP contribution is 2.36. The van der Waals surface area contributed by atoms with Crippen molar-refractivity contribution in [2.75, 3.05) is 4.90 Å². The highest BCUT2D eigenvalue weighted by atomic mass is 35.5. The Labute approximate surface area is 187 Å². The number of aromatic carboxylic acids is 1. The van der Waals surface area contributed by atoms with Gasteiger partial charge in [-0.25, -0.2) is 9.69 Å². The van der Waals surface area contributed by atoms with Gasteiger partial charge in [0, 0.05) is 17.1 Å². The molecule has 4 rings (SSSR count). The van der Waals surface area contributed by atoms with Gasteiger partial charge in [-0.15, -0.1) is 0 Å². The fraction of sp³-hybridized carbons (Fsp3) is 0.0870. The molecule has 0 unspecified atom stereocenters. The molecule has 0 saturated carbocycles. The van der Waals surface area contributed by atoms with Gasteiger partial charge in [-0.1, -0.05) is 29.8 Å². The van der Waals surface area contributed by atoms with Crippen LogP contribution in [0.5, 0.6) is 0 Å². The Morgan fingerprint density at radius 2 is 1.74 bits per heavy atom. The zero-order valence-corrected chi connectivity index (χ0v) is 18.2. The van der Waals surface area contributed by atoms with E-state index in [2.05, 4.69) is 0 Å². The van der Waals surface area contributed by atoms with Crippen molar-refractivity contribution in [3.8, 4) is 5.69 Å². The third kappa shape index (κ3) is 3.78. The molecule has 0 radical (unpaired) electrons. The summed E-state index contributed by atoms with van der Waals surface area (Å²) in [5.74, 6) is -1.48. The average molecular weight is 453 g/mol. The van der Waals surface area contributed by atoms with Gasteiger partial charge in [0.25, 0.3) is 11.1 Å². The van der Waals surface area contributed by atoms with Crippen molar-refractivity contribution in [1.82, 2.24) is 4.57 Å². The number of benzene rings is 2. The zero-order chi connectivity index (χ0) is 22.3. The first kappa shape index (κ1) is 21.0. The number of carboxylic acids is 1. The van der Waals surface area contributed by atoms with E-state index in [0.717, 1.165) is 33.6 Å². The molecule has 1 N–H and O–H groups in total. The Morgan fingerprint density at radius 3 is 2.42 bits per heavy atom. The van der Waals surface area contributed by atoms with Crippen molar-refractivity contribution < 1.29 is 19.5 Å². The minimum atomic E-state index is -1.11. The van der Waals surface area contributed by atoms with Crippen LogP contribution in [0.25, 0.3) is 11.8 Å². The van der Waals surface area contributed by atoms with E-state index in [4.69, 9.17) is 11.6 Å². The molecule has 2 aromatic carbocycles. The summed E-state index contributed by atoms with van der Waals surface area (Å²) >= 11 is 6.89. The van der Waals surface area contributed by atoms with Crippen LogP contribution in [-0.2, 0) is 4.79 Å². The van der Waals surface area contributed by atoms with Crippen molar-refractivity contribution in [3.05, 3.63) is 87.0 Å². The minimum Gasteiger partial charge on any atom is -0.478 e. The fourth-order valence-electron chi connectivity index (χ4n) is 3.56. The van der Waals surface area contributed by atoms with Crippen LogP contribution in [0.3, 0.4) is 0 Å². The number of hydrogen-bond acceptors (Lipinski definition) is 4. The Kier molecular flexibility index (Phi) is 5.47. The summed E-state index contributed by atoms with van der Waals surface area (Å²) in [5.41, 5.74) is 3.61. The lowest BCUT2D eigenvalue weighted by molar-refractivity contribution is -0.113. The molecule has 1 fully saturated rings. The maximum atomic E-state index is 12.9. The molecular weight excluding hydrogens is 436 g/mol. The third-order valence-corrected chi connectivity index (χ3v) is 6.20. The predicted octanol–water partition coefficient (Wildman–Crippen LogP) is 5.69. The Hall–Kier alpha value is -3.29. The van der Waals surface area contributed by atoms with Gasteiger partial charge in [-0.2, -0.15) is 0 Å². The molecule has 6 nitrogen and oxygen atoms in total. The summed E-state index contributed by atoms with van der Waals surface area (Å²) in [7, 11) is 0. The van der Waals surface area contributed by atoms with Crippen LogP contribution in [-0.4, -0.2) is 26.8 Å². The Bertz CT molecular complexity index is 1260. The van der Waals surface area contributed by atoms with E-state index < -0.39 is 5.97 Å². The molecule has 2 heterocycles. The topological polar surface area (TPSA) is 79.6 Å². The number of carboxylic acid groups (broad SMARTS) is 1. The van der Waals surface area contributed by atoms with Crippen molar-refractivity contribution in [2.45, 2.75) is 13.8 Å². The minimum absolute atomic E-state index is 0.0113. The van der Waals surface area contributed by atoms with Gasteiger partial charge in [0.05, 0.1) is 21.2 Å². The Morgan fingerprint density at radius 1 is 1.03 bits per heavy atom. The van der Waals surface area contributed by atoms with Crippen molar-refractivity contribution in [1.29, 1.82) is 0 Å². The molecule has 2 amide bonds. The summed E-state index contributed by atoms with van der Waals surface area (Å²) in [6.07, 6.45) is 1.70. The molecule has 0 aliphatic carbocycles. The number of rotatable bonds is 4. The second-order valence-corrected chi connectivity index (χ2v) is 8.38. The predicted molar refractivity (Wildman–Crippen MR) is 122 cm³/mol. The second kappa shape index (κ2) is 8.09. The smallest absolute Gasteiger partial charge is 0.337 e. The average Bonchev–Trinajstić information content (AvgIpc) is 3.17. The normalized spacial score (nSPS) is 15.2. The molecule has 0 atom stereocenters. The van der Waals surface area contributed by atoms with Crippen molar-refractivity contribution in [3.63, 3.8) is 0 Å². The number of aryl methyl sites for hydroxylation is 1. The van der Waals surface area contributed by atoms with Crippen LogP contribution >= 0.6 is 23.4 Å². The highest BCUT2D eigenvalue weighted by molar-refractivity contribution is 8.19. The standard InChI is InChI=1S/C23H17ClN2O4S/c1-13-10-15(14(2)25(13)17-8-9-19(24)18(12-17)22(28)29)11-20-21(27)26(23(30)31-20)16-6-4-3-5-7-16/h3-12H,1-2H3,(H,28,29)/b20-11-. The second-order valence-electron chi connectivity index (χ2n) is 6.98. The number of carbonyl (C=O) groups excluding carboxylic acids is 2. The number of aromatic nitrogens is 1. The first-order valence-corrected chi connectivity index (χ1v) is 10.5. The van der Waals surface area contributed by atoms with Crippen LogP contribution in [0.15, 0.2) is 59.5 Å². The molecule has 8 heteroatoms. The van der Waals surface area contributed by atoms with E-state index in [1.54, 1.807) is 42.5 Å². The van der Waals surface area contributed by atoms with Gasteiger partial charge in [-0.05, 0) is 73.6 Å². The summed E-state index contributed by atoms with van der Waals surface area (Å²) in [6, 6.07) is 15.5. The number of hydrogen-bond donors (Lipinski definition) is 1. The summed E-state index contributed by atoms with van der Waals surface area (Å²) in [6.45, 7) is 3.75. The molecule has 0 bridgehead atoms.